The monoisotopic (exact) mass is 397 g/mol. The van der Waals surface area contributed by atoms with Gasteiger partial charge in [0.05, 0.1) is 12.3 Å². The van der Waals surface area contributed by atoms with E-state index in [0.717, 1.165) is 6.07 Å². The van der Waals surface area contributed by atoms with Crippen molar-refractivity contribution in [2.45, 2.75) is 20.0 Å². The van der Waals surface area contributed by atoms with Crippen molar-refractivity contribution in [3.63, 3.8) is 0 Å². The highest BCUT2D eigenvalue weighted by molar-refractivity contribution is 5.95. The van der Waals surface area contributed by atoms with E-state index in [2.05, 4.69) is 0 Å². The zero-order valence-corrected chi connectivity index (χ0v) is 15.1. The second kappa shape index (κ2) is 9.63. The van der Waals surface area contributed by atoms with Crippen LogP contribution in [0.5, 0.6) is 11.5 Å². The molecule has 28 heavy (non-hydrogen) atoms. The Labute approximate surface area is 159 Å². The lowest BCUT2D eigenvalue weighted by Crippen LogP contribution is -2.32. The van der Waals surface area contributed by atoms with Crippen LogP contribution < -0.4 is 14.8 Å². The number of nitrogens with one attached hydrogen (secondary N) is 1. The number of para-hydroxylation sites is 2. The van der Waals surface area contributed by atoms with Gasteiger partial charge in [0.15, 0.2) is 41.7 Å². The van der Waals surface area contributed by atoms with Crippen LogP contribution in [-0.2, 0) is 14.3 Å². The highest BCUT2D eigenvalue weighted by Gasteiger charge is 2.21. The Morgan fingerprint density at radius 3 is 2.29 bits per heavy atom. The van der Waals surface area contributed by atoms with Crippen LogP contribution in [0.4, 0.5) is 18.9 Å². The summed E-state index contributed by atoms with van der Waals surface area (Å²) in [6, 6.07) is 8.20. The van der Waals surface area contributed by atoms with Crippen molar-refractivity contribution in [2.75, 3.05) is 18.5 Å². The largest absolute Gasteiger partial charge is 0.490 e. The van der Waals surface area contributed by atoms with E-state index in [9.17, 15) is 22.8 Å². The summed E-state index contributed by atoms with van der Waals surface area (Å²) in [6.07, 6.45) is -1.33. The summed E-state index contributed by atoms with van der Waals surface area (Å²) in [5, 5.41) is 2.02. The fourth-order valence-corrected chi connectivity index (χ4v) is 2.12. The molecule has 1 atom stereocenters. The van der Waals surface area contributed by atoms with Gasteiger partial charge in [-0.05, 0) is 38.1 Å². The average Bonchev–Trinajstić information content (AvgIpc) is 2.68. The quantitative estimate of drug-likeness (QED) is 0.546. The number of carbonyl (C=O) groups is 2. The summed E-state index contributed by atoms with van der Waals surface area (Å²) in [4.78, 5) is 23.8. The van der Waals surface area contributed by atoms with Crippen LogP contribution in [0.3, 0.4) is 0 Å². The van der Waals surface area contributed by atoms with E-state index in [4.69, 9.17) is 14.2 Å². The van der Waals surface area contributed by atoms with Crippen LogP contribution in [0.15, 0.2) is 36.4 Å². The number of hydrogen-bond acceptors (Lipinski definition) is 5. The normalized spacial score (nSPS) is 11.5. The molecule has 0 radical (unpaired) electrons. The number of esters is 1. The number of rotatable bonds is 8. The van der Waals surface area contributed by atoms with E-state index in [1.54, 1.807) is 31.2 Å². The summed E-state index contributed by atoms with van der Waals surface area (Å²) >= 11 is 0. The molecule has 0 heterocycles. The Morgan fingerprint density at radius 2 is 1.64 bits per heavy atom. The molecule has 0 saturated heterocycles. The van der Waals surface area contributed by atoms with Gasteiger partial charge in [0, 0.05) is 0 Å². The molecule has 6 nitrogen and oxygen atoms in total. The summed E-state index contributed by atoms with van der Waals surface area (Å²) in [5.74, 6) is -5.68. The zero-order chi connectivity index (χ0) is 20.7. The maximum Gasteiger partial charge on any atom is 0.344 e. The SMILES string of the molecule is CCOc1ccccc1OCC(=O)O[C@@H](C)C(=O)Nc1ccc(F)c(F)c1F. The van der Waals surface area contributed by atoms with E-state index in [-0.39, 0.29) is 0 Å². The molecular weight excluding hydrogens is 379 g/mol. The molecule has 2 rings (SSSR count). The lowest BCUT2D eigenvalue weighted by atomic mass is 10.2. The first kappa shape index (κ1) is 21.1. The molecule has 0 aromatic heterocycles. The molecule has 0 bridgehead atoms. The van der Waals surface area contributed by atoms with Crippen LogP contribution in [0, 0.1) is 17.5 Å². The third-order valence-electron chi connectivity index (χ3n) is 3.47. The highest BCUT2D eigenvalue weighted by Crippen LogP contribution is 2.26. The molecule has 0 spiro atoms. The van der Waals surface area contributed by atoms with Gasteiger partial charge in [-0.3, -0.25) is 4.79 Å². The van der Waals surface area contributed by atoms with Crippen molar-refractivity contribution < 1.29 is 37.0 Å². The Hall–Kier alpha value is -3.23. The van der Waals surface area contributed by atoms with Gasteiger partial charge in [-0.1, -0.05) is 12.1 Å². The molecule has 0 aliphatic rings. The Kier molecular flexibility index (Phi) is 7.25. The van der Waals surface area contributed by atoms with Crippen molar-refractivity contribution in [1.29, 1.82) is 0 Å². The first-order chi connectivity index (χ1) is 13.3. The van der Waals surface area contributed by atoms with Crippen molar-refractivity contribution in [3.05, 3.63) is 53.8 Å². The number of ether oxygens (including phenoxy) is 3. The molecule has 150 valence electrons. The molecule has 9 heteroatoms. The topological polar surface area (TPSA) is 73.9 Å². The van der Waals surface area contributed by atoms with Crippen LogP contribution in [-0.4, -0.2) is 31.2 Å². The average molecular weight is 397 g/mol. The van der Waals surface area contributed by atoms with Gasteiger partial charge in [0.2, 0.25) is 0 Å². The van der Waals surface area contributed by atoms with Crippen molar-refractivity contribution in [3.8, 4) is 11.5 Å². The predicted molar refractivity (Wildman–Crippen MR) is 93.6 cm³/mol. The van der Waals surface area contributed by atoms with Crippen LogP contribution >= 0.6 is 0 Å². The minimum absolute atomic E-state index is 0.322. The van der Waals surface area contributed by atoms with Crippen LogP contribution in [0.2, 0.25) is 0 Å². The lowest BCUT2D eigenvalue weighted by molar-refractivity contribution is -0.155. The van der Waals surface area contributed by atoms with Gasteiger partial charge >= 0.3 is 5.97 Å². The van der Waals surface area contributed by atoms with Crippen LogP contribution in [0.25, 0.3) is 0 Å². The van der Waals surface area contributed by atoms with E-state index in [1.807, 2.05) is 5.32 Å². The van der Waals surface area contributed by atoms with Gasteiger partial charge in [-0.15, -0.1) is 0 Å². The van der Waals surface area contributed by atoms with Crippen molar-refractivity contribution >= 4 is 17.6 Å². The summed E-state index contributed by atoms with van der Waals surface area (Å²) in [7, 11) is 0. The Morgan fingerprint density at radius 1 is 1.00 bits per heavy atom. The molecule has 0 fully saturated rings. The number of hydrogen-bond donors (Lipinski definition) is 1. The molecule has 0 saturated carbocycles. The first-order valence-electron chi connectivity index (χ1n) is 8.32. The molecule has 0 aliphatic carbocycles. The van der Waals surface area contributed by atoms with Gasteiger partial charge < -0.3 is 19.5 Å². The van der Waals surface area contributed by atoms with Gasteiger partial charge in [0.1, 0.15) is 0 Å². The Bertz CT molecular complexity index is 859. The molecular formula is C19H18F3NO5. The number of carbonyl (C=O) groups excluding carboxylic acids is 2. The molecule has 2 aromatic carbocycles. The minimum Gasteiger partial charge on any atom is -0.490 e. The number of halogens is 3. The van der Waals surface area contributed by atoms with E-state index in [1.165, 1.54) is 6.92 Å². The lowest BCUT2D eigenvalue weighted by Gasteiger charge is -2.15. The highest BCUT2D eigenvalue weighted by atomic mass is 19.2. The van der Waals surface area contributed by atoms with Crippen molar-refractivity contribution in [1.82, 2.24) is 0 Å². The molecule has 0 aliphatic heterocycles. The van der Waals surface area contributed by atoms with Crippen molar-refractivity contribution in [2.24, 2.45) is 0 Å². The zero-order valence-electron chi connectivity index (χ0n) is 15.1. The maximum absolute atomic E-state index is 13.6. The second-order valence-electron chi connectivity index (χ2n) is 5.51. The minimum atomic E-state index is -1.72. The Balaban J connectivity index is 1.90. The van der Waals surface area contributed by atoms with Gasteiger partial charge in [-0.2, -0.15) is 0 Å². The summed E-state index contributed by atoms with van der Waals surface area (Å²) in [6.45, 7) is 2.93. The van der Waals surface area contributed by atoms with Gasteiger partial charge in [-0.25, -0.2) is 18.0 Å². The fraction of sp³-hybridized carbons (Fsp3) is 0.263. The van der Waals surface area contributed by atoms with E-state index in [0.29, 0.717) is 24.2 Å². The molecule has 1 amide bonds. The third-order valence-corrected chi connectivity index (χ3v) is 3.47. The fourth-order valence-electron chi connectivity index (χ4n) is 2.12. The van der Waals surface area contributed by atoms with E-state index >= 15 is 0 Å². The third kappa shape index (κ3) is 5.38. The molecule has 0 unspecified atom stereocenters. The first-order valence-corrected chi connectivity index (χ1v) is 8.32. The standard InChI is InChI=1S/C19H18F3NO5/c1-3-26-14-6-4-5-7-15(14)27-10-16(24)28-11(2)19(25)23-13-9-8-12(20)17(21)18(13)22/h4-9,11H,3,10H2,1-2H3,(H,23,25)/t11-/m0/s1. The predicted octanol–water partition coefficient (Wildman–Crippen LogP) is 3.45. The summed E-state index contributed by atoms with van der Waals surface area (Å²) in [5.41, 5.74) is -0.575. The van der Waals surface area contributed by atoms with Crippen LogP contribution in [0.1, 0.15) is 13.8 Å². The summed E-state index contributed by atoms with van der Waals surface area (Å²) < 4.78 is 55.2. The number of benzene rings is 2. The molecule has 1 N–H and O–H groups in total. The van der Waals surface area contributed by atoms with E-state index < -0.39 is 47.7 Å². The van der Waals surface area contributed by atoms with Gasteiger partial charge in [0.25, 0.3) is 5.91 Å². The number of anilines is 1. The molecule has 2 aromatic rings. The maximum atomic E-state index is 13.6. The number of amides is 1. The smallest absolute Gasteiger partial charge is 0.344 e. The second-order valence-corrected chi connectivity index (χ2v) is 5.51.